The lowest BCUT2D eigenvalue weighted by atomic mass is 9.87. The van der Waals surface area contributed by atoms with Gasteiger partial charge in [0.1, 0.15) is 0 Å². The molecule has 2 rings (SSSR count). The first-order valence-corrected chi connectivity index (χ1v) is 7.06. The molecule has 2 fully saturated rings. The summed E-state index contributed by atoms with van der Waals surface area (Å²) in [6.07, 6.45) is 4.02. The molecule has 1 saturated carbocycles. The van der Waals surface area contributed by atoms with E-state index in [-0.39, 0.29) is 0 Å². The molecule has 17 heavy (non-hydrogen) atoms. The Morgan fingerprint density at radius 2 is 2.18 bits per heavy atom. The minimum absolute atomic E-state index is 0.368. The van der Waals surface area contributed by atoms with E-state index in [1.165, 1.54) is 19.3 Å². The first-order chi connectivity index (χ1) is 8.13. The number of hydrogen-bond donors (Lipinski definition) is 1. The Kier molecular flexibility index (Phi) is 4.45. The highest BCUT2D eigenvalue weighted by atomic mass is 16.5. The summed E-state index contributed by atoms with van der Waals surface area (Å²) in [6, 6.07) is 0.509. The van der Waals surface area contributed by atoms with E-state index in [4.69, 9.17) is 9.47 Å². The topological polar surface area (TPSA) is 30.5 Å². The maximum atomic E-state index is 6.15. The molecule has 1 aliphatic heterocycles. The van der Waals surface area contributed by atoms with E-state index in [2.05, 4.69) is 26.1 Å². The van der Waals surface area contributed by atoms with Gasteiger partial charge in [0.15, 0.2) is 0 Å². The van der Waals surface area contributed by atoms with E-state index >= 15 is 0 Å². The molecule has 0 bridgehead atoms. The van der Waals surface area contributed by atoms with E-state index in [0.29, 0.717) is 23.5 Å². The zero-order chi connectivity index (χ0) is 12.3. The van der Waals surface area contributed by atoms with Gasteiger partial charge in [-0.05, 0) is 31.2 Å². The van der Waals surface area contributed by atoms with Crippen molar-refractivity contribution in [3.63, 3.8) is 0 Å². The van der Waals surface area contributed by atoms with Crippen molar-refractivity contribution in [2.24, 2.45) is 11.3 Å². The zero-order valence-electron chi connectivity index (χ0n) is 11.5. The Hall–Kier alpha value is -0.120. The van der Waals surface area contributed by atoms with Crippen molar-refractivity contribution in [3.05, 3.63) is 0 Å². The summed E-state index contributed by atoms with van der Waals surface area (Å²) in [4.78, 5) is 0. The monoisotopic (exact) mass is 241 g/mol. The van der Waals surface area contributed by atoms with Crippen molar-refractivity contribution in [1.29, 1.82) is 0 Å². The fourth-order valence-electron chi connectivity index (χ4n) is 3.12. The van der Waals surface area contributed by atoms with Crippen LogP contribution in [0.25, 0.3) is 0 Å². The van der Waals surface area contributed by atoms with Crippen molar-refractivity contribution >= 4 is 0 Å². The van der Waals surface area contributed by atoms with Gasteiger partial charge in [-0.25, -0.2) is 0 Å². The maximum Gasteiger partial charge on any atom is 0.0733 e. The molecule has 3 unspecified atom stereocenters. The van der Waals surface area contributed by atoms with Gasteiger partial charge in [-0.3, -0.25) is 0 Å². The average Bonchev–Trinajstić information content (AvgIpc) is 2.87. The molecule has 1 aliphatic carbocycles. The Labute approximate surface area is 105 Å². The van der Waals surface area contributed by atoms with Gasteiger partial charge in [-0.2, -0.15) is 0 Å². The van der Waals surface area contributed by atoms with Crippen LogP contribution in [0, 0.1) is 11.3 Å². The van der Waals surface area contributed by atoms with Crippen LogP contribution in [0.3, 0.4) is 0 Å². The molecular weight excluding hydrogens is 214 g/mol. The van der Waals surface area contributed by atoms with Crippen LogP contribution in [-0.4, -0.2) is 38.5 Å². The predicted octanol–water partition coefficient (Wildman–Crippen LogP) is 2.21. The van der Waals surface area contributed by atoms with Crippen LogP contribution in [-0.2, 0) is 9.47 Å². The SMILES string of the molecule is CCNC1C(OCC2CCOC2)CCC1(C)C. The van der Waals surface area contributed by atoms with Crippen molar-refractivity contribution in [1.82, 2.24) is 5.32 Å². The van der Waals surface area contributed by atoms with E-state index < -0.39 is 0 Å². The smallest absolute Gasteiger partial charge is 0.0733 e. The van der Waals surface area contributed by atoms with Gasteiger partial charge in [0, 0.05) is 18.6 Å². The highest BCUT2D eigenvalue weighted by molar-refractivity contribution is 4.97. The molecule has 2 aliphatic rings. The summed E-state index contributed by atoms with van der Waals surface area (Å²) >= 11 is 0. The standard InChI is InChI=1S/C14H27NO2/c1-4-15-13-12(5-7-14(13,2)3)17-10-11-6-8-16-9-11/h11-13,15H,4-10H2,1-3H3. The van der Waals surface area contributed by atoms with Crippen molar-refractivity contribution < 1.29 is 9.47 Å². The Balaban J connectivity index is 1.82. The minimum Gasteiger partial charge on any atom is -0.381 e. The summed E-state index contributed by atoms with van der Waals surface area (Å²) in [5.74, 6) is 0.626. The molecule has 100 valence electrons. The molecule has 3 nitrogen and oxygen atoms in total. The lowest BCUT2D eigenvalue weighted by Crippen LogP contribution is -2.45. The summed E-state index contributed by atoms with van der Waals surface area (Å²) in [7, 11) is 0. The molecule has 1 N–H and O–H groups in total. The summed E-state index contributed by atoms with van der Waals surface area (Å²) < 4.78 is 11.5. The number of ether oxygens (including phenoxy) is 2. The van der Waals surface area contributed by atoms with Crippen molar-refractivity contribution in [3.8, 4) is 0 Å². The Bertz CT molecular complexity index is 236. The first-order valence-electron chi connectivity index (χ1n) is 7.06. The third kappa shape index (κ3) is 3.21. The van der Waals surface area contributed by atoms with Gasteiger partial charge in [0.2, 0.25) is 0 Å². The summed E-state index contributed by atoms with van der Waals surface area (Å²) in [6.45, 7) is 10.6. The molecule has 1 heterocycles. The van der Waals surface area contributed by atoms with Crippen LogP contribution in [0.2, 0.25) is 0 Å². The van der Waals surface area contributed by atoms with Gasteiger partial charge in [-0.15, -0.1) is 0 Å². The quantitative estimate of drug-likeness (QED) is 0.800. The molecule has 0 aromatic heterocycles. The van der Waals surface area contributed by atoms with Crippen molar-refractivity contribution in [2.75, 3.05) is 26.4 Å². The molecule has 0 radical (unpaired) electrons. The average molecular weight is 241 g/mol. The molecule has 3 atom stereocenters. The highest BCUT2D eigenvalue weighted by Gasteiger charge is 2.42. The molecular formula is C14H27NO2. The van der Waals surface area contributed by atoms with Gasteiger partial charge < -0.3 is 14.8 Å². The van der Waals surface area contributed by atoms with Gasteiger partial charge in [0.25, 0.3) is 0 Å². The fourth-order valence-corrected chi connectivity index (χ4v) is 3.12. The summed E-state index contributed by atoms with van der Waals surface area (Å²) in [5.41, 5.74) is 0.368. The van der Waals surface area contributed by atoms with Gasteiger partial charge in [-0.1, -0.05) is 20.8 Å². The molecule has 1 saturated heterocycles. The Morgan fingerprint density at radius 3 is 2.82 bits per heavy atom. The van der Waals surface area contributed by atoms with Gasteiger partial charge in [0.05, 0.1) is 19.3 Å². The highest BCUT2D eigenvalue weighted by Crippen LogP contribution is 2.39. The van der Waals surface area contributed by atoms with E-state index in [0.717, 1.165) is 26.4 Å². The maximum absolute atomic E-state index is 6.15. The molecule has 3 heteroatoms. The third-order valence-corrected chi connectivity index (χ3v) is 4.28. The molecule has 0 amide bonds. The zero-order valence-corrected chi connectivity index (χ0v) is 11.5. The number of likely N-dealkylation sites (N-methyl/N-ethyl adjacent to an activating group) is 1. The van der Waals surface area contributed by atoms with E-state index in [1.807, 2.05) is 0 Å². The van der Waals surface area contributed by atoms with Crippen LogP contribution >= 0.6 is 0 Å². The number of hydrogen-bond acceptors (Lipinski definition) is 3. The first kappa shape index (κ1) is 13.3. The van der Waals surface area contributed by atoms with Crippen molar-refractivity contribution in [2.45, 2.75) is 52.2 Å². The lowest BCUT2D eigenvalue weighted by Gasteiger charge is -2.31. The second kappa shape index (κ2) is 5.68. The van der Waals surface area contributed by atoms with Crippen LogP contribution in [0.15, 0.2) is 0 Å². The number of nitrogens with one attached hydrogen (secondary N) is 1. The Morgan fingerprint density at radius 1 is 1.35 bits per heavy atom. The number of rotatable bonds is 5. The third-order valence-electron chi connectivity index (χ3n) is 4.28. The second-order valence-corrected chi connectivity index (χ2v) is 6.16. The normalized spacial score (nSPS) is 36.5. The lowest BCUT2D eigenvalue weighted by molar-refractivity contribution is 0.00558. The second-order valence-electron chi connectivity index (χ2n) is 6.16. The molecule has 0 aromatic rings. The van der Waals surface area contributed by atoms with Gasteiger partial charge >= 0.3 is 0 Å². The molecule has 0 aromatic carbocycles. The van der Waals surface area contributed by atoms with E-state index in [1.54, 1.807) is 0 Å². The van der Waals surface area contributed by atoms with Crippen LogP contribution in [0.5, 0.6) is 0 Å². The van der Waals surface area contributed by atoms with Crippen LogP contribution < -0.4 is 5.32 Å². The molecule has 0 spiro atoms. The predicted molar refractivity (Wildman–Crippen MR) is 69.1 cm³/mol. The van der Waals surface area contributed by atoms with E-state index in [9.17, 15) is 0 Å². The fraction of sp³-hybridized carbons (Fsp3) is 1.00. The largest absolute Gasteiger partial charge is 0.381 e. The van der Waals surface area contributed by atoms with Crippen LogP contribution in [0.4, 0.5) is 0 Å². The minimum atomic E-state index is 0.368. The summed E-state index contributed by atoms with van der Waals surface area (Å²) in [5, 5.41) is 3.60. The van der Waals surface area contributed by atoms with Crippen LogP contribution in [0.1, 0.15) is 40.0 Å².